The Labute approximate surface area is 167 Å². The van der Waals surface area contributed by atoms with Gasteiger partial charge < -0.3 is 4.74 Å². The largest absolute Gasteiger partial charge is 0.482 e. The van der Waals surface area contributed by atoms with E-state index in [1.165, 1.54) is 17.7 Å². The maximum atomic E-state index is 12.9. The van der Waals surface area contributed by atoms with Crippen molar-refractivity contribution in [2.24, 2.45) is 0 Å². The monoisotopic (exact) mass is 392 g/mol. The van der Waals surface area contributed by atoms with Gasteiger partial charge in [0.05, 0.1) is 5.56 Å². The molecule has 1 fully saturated rings. The molecule has 0 bridgehead atoms. The first-order valence-electron chi connectivity index (χ1n) is 9.60. The van der Waals surface area contributed by atoms with Gasteiger partial charge in [-0.3, -0.25) is 0 Å². The number of benzene rings is 3. The molecule has 1 nitrogen and oxygen atoms in total. The summed E-state index contributed by atoms with van der Waals surface area (Å²) in [6.45, 7) is 4.28. The highest BCUT2D eigenvalue weighted by molar-refractivity contribution is 5.77. The van der Waals surface area contributed by atoms with Crippen LogP contribution in [-0.4, -0.2) is 5.60 Å². The summed E-state index contributed by atoms with van der Waals surface area (Å²) in [6, 6.07) is 23.5. The molecule has 0 aromatic heterocycles. The van der Waals surface area contributed by atoms with Crippen molar-refractivity contribution >= 4 is 5.57 Å². The van der Waals surface area contributed by atoms with Gasteiger partial charge in [0.25, 0.3) is 0 Å². The van der Waals surface area contributed by atoms with E-state index in [9.17, 15) is 13.2 Å². The van der Waals surface area contributed by atoms with Gasteiger partial charge in [-0.1, -0.05) is 67.2 Å². The van der Waals surface area contributed by atoms with Crippen molar-refractivity contribution < 1.29 is 17.9 Å². The smallest absolute Gasteiger partial charge is 0.416 e. The van der Waals surface area contributed by atoms with Crippen LogP contribution < -0.4 is 4.74 Å². The Morgan fingerprint density at radius 3 is 2.24 bits per heavy atom. The van der Waals surface area contributed by atoms with E-state index in [2.05, 4.69) is 24.8 Å². The van der Waals surface area contributed by atoms with Crippen LogP contribution in [0.5, 0.6) is 5.75 Å². The van der Waals surface area contributed by atoms with Crippen LogP contribution >= 0.6 is 0 Å². The predicted octanol–water partition coefficient (Wildman–Crippen LogP) is 6.82. The van der Waals surface area contributed by atoms with Gasteiger partial charge in [0.2, 0.25) is 0 Å². The minimum Gasteiger partial charge on any atom is -0.482 e. The first kappa shape index (κ1) is 18.0. The molecule has 1 saturated carbocycles. The minimum absolute atomic E-state index is 0.0934. The summed E-state index contributed by atoms with van der Waals surface area (Å²) in [5.74, 6) is 1.21. The second kappa shape index (κ2) is 6.24. The fourth-order valence-electron chi connectivity index (χ4n) is 4.82. The Morgan fingerprint density at radius 1 is 0.897 bits per heavy atom. The van der Waals surface area contributed by atoms with Crippen molar-refractivity contribution in [2.45, 2.75) is 30.0 Å². The standard InChI is InChI=1S/C25H19F3O/c1-16(17-11-13-19(14-12-17)25(26,27)28)24-15-21(18-7-3-2-4-8-18)23(24)20-9-5-6-10-22(20)29-24/h2-14,21,23H,1,15H2/t21-,23-,24-/m1/s1. The van der Waals surface area contributed by atoms with E-state index in [0.29, 0.717) is 5.56 Å². The summed E-state index contributed by atoms with van der Waals surface area (Å²) in [5, 5.41) is 0. The number of rotatable bonds is 3. The van der Waals surface area contributed by atoms with Gasteiger partial charge in [-0.15, -0.1) is 0 Å². The van der Waals surface area contributed by atoms with E-state index in [0.717, 1.165) is 35.4 Å². The highest BCUT2D eigenvalue weighted by Gasteiger charge is 2.63. The quantitative estimate of drug-likeness (QED) is 0.475. The van der Waals surface area contributed by atoms with Crippen LogP contribution in [0.4, 0.5) is 13.2 Å². The lowest BCUT2D eigenvalue weighted by molar-refractivity contribution is -0.137. The molecular formula is C25H19F3O. The average molecular weight is 392 g/mol. The van der Waals surface area contributed by atoms with Crippen molar-refractivity contribution in [1.82, 2.24) is 0 Å². The third kappa shape index (κ3) is 2.70. The number of ether oxygens (including phenoxy) is 1. The van der Waals surface area contributed by atoms with Gasteiger partial charge in [-0.05, 0) is 47.2 Å². The molecule has 0 saturated heterocycles. The lowest BCUT2D eigenvalue weighted by atomic mass is 9.54. The molecule has 0 N–H and O–H groups in total. The summed E-state index contributed by atoms with van der Waals surface area (Å²) in [4.78, 5) is 0. The van der Waals surface area contributed by atoms with Gasteiger partial charge in [-0.2, -0.15) is 13.2 Å². The molecule has 1 aliphatic carbocycles. The van der Waals surface area contributed by atoms with Crippen LogP contribution in [0.15, 0.2) is 85.4 Å². The normalized spacial score (nSPS) is 24.8. The molecule has 1 aliphatic heterocycles. The Kier molecular flexibility index (Phi) is 3.89. The molecule has 146 valence electrons. The second-order valence-corrected chi connectivity index (χ2v) is 7.78. The summed E-state index contributed by atoms with van der Waals surface area (Å²) in [7, 11) is 0. The molecule has 5 rings (SSSR count). The summed E-state index contributed by atoms with van der Waals surface area (Å²) >= 11 is 0. The molecule has 3 aromatic rings. The molecule has 0 unspecified atom stereocenters. The molecule has 1 heterocycles. The number of hydrogen-bond donors (Lipinski definition) is 0. The first-order chi connectivity index (χ1) is 13.9. The van der Waals surface area contributed by atoms with Crippen molar-refractivity contribution in [2.75, 3.05) is 0 Å². The first-order valence-corrected chi connectivity index (χ1v) is 9.60. The van der Waals surface area contributed by atoms with Gasteiger partial charge in [0, 0.05) is 11.5 Å². The number of halogens is 3. The third-order valence-electron chi connectivity index (χ3n) is 6.27. The summed E-state index contributed by atoms with van der Waals surface area (Å²) < 4.78 is 45.3. The van der Waals surface area contributed by atoms with Crippen LogP contribution in [0.3, 0.4) is 0 Å². The Bertz CT molecular complexity index is 1070. The number of fused-ring (bicyclic) bond motifs is 3. The predicted molar refractivity (Wildman–Crippen MR) is 107 cm³/mol. The maximum absolute atomic E-state index is 12.9. The molecule has 2 aliphatic rings. The number of alkyl halides is 3. The number of para-hydroxylation sites is 1. The maximum Gasteiger partial charge on any atom is 0.416 e. The molecule has 29 heavy (non-hydrogen) atoms. The van der Waals surface area contributed by atoms with Crippen molar-refractivity contribution in [3.8, 4) is 5.75 Å². The Morgan fingerprint density at radius 2 is 1.55 bits per heavy atom. The fourth-order valence-corrected chi connectivity index (χ4v) is 4.82. The van der Waals surface area contributed by atoms with E-state index in [-0.39, 0.29) is 11.8 Å². The topological polar surface area (TPSA) is 9.23 Å². The molecule has 3 atom stereocenters. The zero-order valence-corrected chi connectivity index (χ0v) is 15.6. The van der Waals surface area contributed by atoms with E-state index in [4.69, 9.17) is 4.74 Å². The lowest BCUT2D eigenvalue weighted by Crippen LogP contribution is -2.52. The lowest BCUT2D eigenvalue weighted by Gasteiger charge is -2.51. The Balaban J connectivity index is 1.53. The highest BCUT2D eigenvalue weighted by atomic mass is 19.4. The van der Waals surface area contributed by atoms with E-state index in [1.807, 2.05) is 36.4 Å². The Hall–Kier alpha value is -3.01. The SMILES string of the molecule is C=C(c1ccc(C(F)(F)F)cc1)[C@]12C[C@H](c3ccccc3)[C@H]1c1ccccc1O2. The third-order valence-corrected chi connectivity index (χ3v) is 6.27. The molecule has 3 aromatic carbocycles. The van der Waals surface area contributed by atoms with Gasteiger partial charge >= 0.3 is 6.18 Å². The van der Waals surface area contributed by atoms with Gasteiger partial charge in [0.1, 0.15) is 11.4 Å². The van der Waals surface area contributed by atoms with Crippen LogP contribution in [0.1, 0.15) is 40.5 Å². The van der Waals surface area contributed by atoms with Gasteiger partial charge in [0.15, 0.2) is 0 Å². The van der Waals surface area contributed by atoms with Crippen LogP contribution in [0, 0.1) is 0 Å². The number of hydrogen-bond acceptors (Lipinski definition) is 1. The summed E-state index contributed by atoms with van der Waals surface area (Å²) in [5.41, 5.74) is 2.52. The van der Waals surface area contributed by atoms with Crippen molar-refractivity contribution in [1.29, 1.82) is 0 Å². The molecular weight excluding hydrogens is 373 g/mol. The fraction of sp³-hybridized carbons (Fsp3) is 0.200. The molecule has 4 heteroatoms. The van der Waals surface area contributed by atoms with Crippen molar-refractivity contribution in [3.05, 3.63) is 108 Å². The second-order valence-electron chi connectivity index (χ2n) is 7.78. The van der Waals surface area contributed by atoms with Crippen LogP contribution in [-0.2, 0) is 6.18 Å². The van der Waals surface area contributed by atoms with Crippen molar-refractivity contribution in [3.63, 3.8) is 0 Å². The average Bonchev–Trinajstić information content (AvgIpc) is 2.96. The van der Waals surface area contributed by atoms with E-state index >= 15 is 0 Å². The zero-order chi connectivity index (χ0) is 20.2. The van der Waals surface area contributed by atoms with E-state index in [1.54, 1.807) is 0 Å². The zero-order valence-electron chi connectivity index (χ0n) is 15.6. The highest BCUT2D eigenvalue weighted by Crippen LogP contribution is 2.67. The van der Waals surface area contributed by atoms with Crippen LogP contribution in [0.25, 0.3) is 5.57 Å². The molecule has 0 radical (unpaired) electrons. The molecule has 0 spiro atoms. The summed E-state index contributed by atoms with van der Waals surface area (Å²) in [6.07, 6.45) is -3.61. The minimum atomic E-state index is -4.35. The van der Waals surface area contributed by atoms with Crippen LogP contribution in [0.2, 0.25) is 0 Å². The molecule has 0 amide bonds. The van der Waals surface area contributed by atoms with Gasteiger partial charge in [-0.25, -0.2) is 0 Å². The van der Waals surface area contributed by atoms with E-state index < -0.39 is 17.3 Å².